The minimum Gasteiger partial charge on any atom is -0.462 e. The summed E-state index contributed by atoms with van der Waals surface area (Å²) in [6.45, 7) is 6.35. The molecule has 428 valence electrons. The number of carbonyl (C=O) groups is 3. The lowest BCUT2D eigenvalue weighted by molar-refractivity contribution is -0.166. The van der Waals surface area contributed by atoms with Gasteiger partial charge in [-0.05, 0) is 89.9 Å². The van der Waals surface area contributed by atoms with Crippen LogP contribution >= 0.6 is 0 Å². The van der Waals surface area contributed by atoms with Crippen molar-refractivity contribution in [1.82, 2.24) is 0 Å². The SMILES string of the molecule is CC/C=C\C/C=C\C/C=C\C/C=C\C/C=C\C/C=C\CCC(=O)OC(COC(=O)CCCCC/C=C\C/C=C\C/C=C\CC)COC(=O)CCCCCCCCCCCCCCCCCCCCCCCCCCC. The van der Waals surface area contributed by atoms with Gasteiger partial charge in [0.15, 0.2) is 6.10 Å². The largest absolute Gasteiger partial charge is 0.462 e. The second-order valence-corrected chi connectivity index (χ2v) is 20.6. The molecule has 0 aromatic carbocycles. The smallest absolute Gasteiger partial charge is 0.306 e. The van der Waals surface area contributed by atoms with Gasteiger partial charge in [0.25, 0.3) is 0 Å². The molecule has 0 spiro atoms. The van der Waals surface area contributed by atoms with E-state index >= 15 is 0 Å². The molecule has 0 radical (unpaired) electrons. The number of ether oxygens (including phenoxy) is 3. The first-order chi connectivity index (χ1) is 37.0. The quantitative estimate of drug-likeness (QED) is 0.0261. The highest BCUT2D eigenvalue weighted by Crippen LogP contribution is 2.17. The number of esters is 3. The van der Waals surface area contributed by atoms with E-state index in [0.29, 0.717) is 19.3 Å². The van der Waals surface area contributed by atoms with E-state index in [1.54, 1.807) is 0 Å². The van der Waals surface area contributed by atoms with E-state index in [4.69, 9.17) is 14.2 Å². The monoisotopic (exact) mass is 1040 g/mol. The van der Waals surface area contributed by atoms with Gasteiger partial charge in [-0.15, -0.1) is 0 Å². The Morgan fingerprint density at radius 1 is 0.280 bits per heavy atom. The summed E-state index contributed by atoms with van der Waals surface area (Å²) in [5.41, 5.74) is 0. The maximum atomic E-state index is 12.8. The van der Waals surface area contributed by atoms with Crippen molar-refractivity contribution in [3.05, 3.63) is 109 Å². The zero-order valence-electron chi connectivity index (χ0n) is 49.0. The summed E-state index contributed by atoms with van der Waals surface area (Å²) in [6.07, 6.45) is 85.5. The number of hydrogen-bond donors (Lipinski definition) is 0. The third-order valence-electron chi connectivity index (χ3n) is 13.3. The van der Waals surface area contributed by atoms with Crippen molar-refractivity contribution in [2.24, 2.45) is 0 Å². The molecule has 0 fully saturated rings. The molecule has 0 bridgehead atoms. The molecule has 6 nitrogen and oxygen atoms in total. The van der Waals surface area contributed by atoms with E-state index in [1.165, 1.54) is 141 Å². The summed E-state index contributed by atoms with van der Waals surface area (Å²) in [4.78, 5) is 38.2. The first-order valence-electron chi connectivity index (χ1n) is 31.4. The van der Waals surface area contributed by atoms with Crippen molar-refractivity contribution >= 4 is 17.9 Å². The van der Waals surface area contributed by atoms with Crippen LogP contribution in [0.25, 0.3) is 0 Å². The van der Waals surface area contributed by atoms with E-state index in [9.17, 15) is 14.4 Å². The fourth-order valence-corrected chi connectivity index (χ4v) is 8.66. The summed E-state index contributed by atoms with van der Waals surface area (Å²) in [6, 6.07) is 0. The molecule has 0 saturated heterocycles. The number of carbonyl (C=O) groups excluding carboxylic acids is 3. The molecule has 0 aromatic rings. The molecule has 0 aliphatic heterocycles. The van der Waals surface area contributed by atoms with Crippen LogP contribution in [0.1, 0.15) is 290 Å². The molecule has 75 heavy (non-hydrogen) atoms. The third kappa shape index (κ3) is 60.8. The molecule has 6 heteroatoms. The molecule has 0 amide bonds. The fraction of sp³-hybridized carbons (Fsp3) is 0.696. The zero-order valence-corrected chi connectivity index (χ0v) is 49.0. The first-order valence-corrected chi connectivity index (χ1v) is 31.4. The van der Waals surface area contributed by atoms with Gasteiger partial charge in [0.1, 0.15) is 13.2 Å². The van der Waals surface area contributed by atoms with Crippen molar-refractivity contribution in [2.45, 2.75) is 297 Å². The van der Waals surface area contributed by atoms with E-state index in [2.05, 4.69) is 118 Å². The van der Waals surface area contributed by atoms with Crippen LogP contribution in [0.3, 0.4) is 0 Å². The zero-order chi connectivity index (χ0) is 54.3. The third-order valence-corrected chi connectivity index (χ3v) is 13.3. The van der Waals surface area contributed by atoms with Crippen LogP contribution in [0.4, 0.5) is 0 Å². The Kier molecular flexibility index (Phi) is 59.3. The Labute approximate surface area is 463 Å². The van der Waals surface area contributed by atoms with Crippen LogP contribution in [0.2, 0.25) is 0 Å². The second kappa shape index (κ2) is 62.6. The average Bonchev–Trinajstić information content (AvgIpc) is 3.41. The van der Waals surface area contributed by atoms with Gasteiger partial charge in [-0.25, -0.2) is 0 Å². The summed E-state index contributed by atoms with van der Waals surface area (Å²) in [5.74, 6) is -1.03. The molecule has 0 N–H and O–H groups in total. The minimum absolute atomic E-state index is 0.117. The lowest BCUT2D eigenvalue weighted by atomic mass is 10.0. The highest BCUT2D eigenvalue weighted by molar-refractivity contribution is 5.71. The lowest BCUT2D eigenvalue weighted by Gasteiger charge is -2.18. The summed E-state index contributed by atoms with van der Waals surface area (Å²) < 4.78 is 16.8. The van der Waals surface area contributed by atoms with E-state index in [-0.39, 0.29) is 31.6 Å². The molecule has 0 aliphatic rings. The molecular formula is C69H116O6. The summed E-state index contributed by atoms with van der Waals surface area (Å²) in [7, 11) is 0. The van der Waals surface area contributed by atoms with Gasteiger partial charge in [0, 0.05) is 19.3 Å². The normalized spacial score (nSPS) is 12.8. The first kappa shape index (κ1) is 71.1. The van der Waals surface area contributed by atoms with E-state index in [1.807, 2.05) is 12.2 Å². The van der Waals surface area contributed by atoms with E-state index in [0.717, 1.165) is 103 Å². The maximum Gasteiger partial charge on any atom is 0.306 e. The van der Waals surface area contributed by atoms with Gasteiger partial charge in [0.2, 0.25) is 0 Å². The minimum atomic E-state index is -0.832. The molecule has 1 atom stereocenters. The fourth-order valence-electron chi connectivity index (χ4n) is 8.66. The van der Waals surface area contributed by atoms with Crippen molar-refractivity contribution in [3.8, 4) is 0 Å². The van der Waals surface area contributed by atoms with Gasteiger partial charge in [0.05, 0.1) is 0 Å². The number of allylic oxidation sites excluding steroid dienone is 18. The van der Waals surface area contributed by atoms with Crippen LogP contribution in [0, 0.1) is 0 Å². The predicted octanol–water partition coefficient (Wildman–Crippen LogP) is 21.4. The summed E-state index contributed by atoms with van der Waals surface area (Å²) in [5, 5.41) is 0. The Morgan fingerprint density at radius 2 is 0.547 bits per heavy atom. The highest BCUT2D eigenvalue weighted by atomic mass is 16.6. The highest BCUT2D eigenvalue weighted by Gasteiger charge is 2.19. The Bertz CT molecular complexity index is 1520. The van der Waals surface area contributed by atoms with Crippen LogP contribution in [0.15, 0.2) is 109 Å². The number of unbranched alkanes of at least 4 members (excludes halogenated alkanes) is 27. The molecule has 0 rings (SSSR count). The molecular weight excluding hydrogens is 925 g/mol. The lowest BCUT2D eigenvalue weighted by Crippen LogP contribution is -2.30. The van der Waals surface area contributed by atoms with Crippen molar-refractivity contribution < 1.29 is 28.6 Å². The van der Waals surface area contributed by atoms with E-state index < -0.39 is 12.1 Å². The number of rotatable bonds is 56. The van der Waals surface area contributed by atoms with Crippen molar-refractivity contribution in [1.29, 1.82) is 0 Å². The van der Waals surface area contributed by atoms with Gasteiger partial charge >= 0.3 is 17.9 Å². The van der Waals surface area contributed by atoms with Crippen LogP contribution in [-0.4, -0.2) is 37.2 Å². The van der Waals surface area contributed by atoms with Crippen molar-refractivity contribution in [3.63, 3.8) is 0 Å². The maximum absolute atomic E-state index is 12.8. The van der Waals surface area contributed by atoms with Gasteiger partial charge in [-0.3, -0.25) is 14.4 Å². The van der Waals surface area contributed by atoms with Crippen LogP contribution < -0.4 is 0 Å². The number of hydrogen-bond acceptors (Lipinski definition) is 6. The summed E-state index contributed by atoms with van der Waals surface area (Å²) >= 11 is 0. The Balaban J connectivity index is 4.39. The molecule has 0 aromatic heterocycles. The van der Waals surface area contributed by atoms with Crippen LogP contribution in [0.5, 0.6) is 0 Å². The van der Waals surface area contributed by atoms with Crippen molar-refractivity contribution in [2.75, 3.05) is 13.2 Å². The Hall–Kier alpha value is -3.93. The predicted molar refractivity (Wildman–Crippen MR) is 325 cm³/mol. The second-order valence-electron chi connectivity index (χ2n) is 20.6. The molecule has 0 heterocycles. The molecule has 0 saturated carbocycles. The van der Waals surface area contributed by atoms with Gasteiger partial charge < -0.3 is 14.2 Å². The average molecular weight is 1040 g/mol. The standard InChI is InChI=1S/C69H116O6/c1-4-7-10-13-16-19-22-25-27-29-31-32-33-34-35-36-38-39-41-44-47-50-53-56-59-62-68(71)74-65-66(64-73-67(70)61-58-55-52-49-46-43-24-21-18-15-12-9-6-3)75-69(72)63-60-57-54-51-48-45-42-40-37-30-28-26-23-20-17-14-11-8-5-2/h8-9,11-12,17-18,20-21,26,28,37,40,43,45-46,48,54,57,66H,4-7,10,13-16,19,22-25,27,29-36,38-39,41-42,44,47,49-53,55-56,58-65H2,1-3H3/b11-8-,12-9-,20-17-,21-18-,28-26-,40-37-,46-43-,48-45-,57-54-. The van der Waals surface area contributed by atoms with Crippen LogP contribution in [-0.2, 0) is 28.6 Å². The van der Waals surface area contributed by atoms with Gasteiger partial charge in [-0.2, -0.15) is 0 Å². The molecule has 1 unspecified atom stereocenters. The van der Waals surface area contributed by atoms with Gasteiger partial charge in [-0.1, -0.05) is 291 Å². The topological polar surface area (TPSA) is 78.9 Å². The Morgan fingerprint density at radius 3 is 0.867 bits per heavy atom. The molecule has 0 aliphatic carbocycles.